The summed E-state index contributed by atoms with van der Waals surface area (Å²) < 4.78 is 1.95. The van der Waals surface area contributed by atoms with Gasteiger partial charge in [-0.05, 0) is 32.4 Å². The van der Waals surface area contributed by atoms with Crippen LogP contribution in [0.1, 0.15) is 37.6 Å². The van der Waals surface area contributed by atoms with E-state index in [1.165, 1.54) is 0 Å². The van der Waals surface area contributed by atoms with Gasteiger partial charge in [0, 0.05) is 5.54 Å². The Bertz CT molecular complexity index is 570. The van der Waals surface area contributed by atoms with Crippen LogP contribution in [-0.4, -0.2) is 20.6 Å². The molecule has 0 radical (unpaired) electrons. The van der Waals surface area contributed by atoms with Crippen molar-refractivity contribution in [1.29, 1.82) is 0 Å². The second-order valence-corrected chi connectivity index (χ2v) is 4.76. The number of nitrogens with zero attached hydrogens (tertiary/aromatic N) is 2. The van der Waals surface area contributed by atoms with E-state index >= 15 is 0 Å². The van der Waals surface area contributed by atoms with E-state index in [9.17, 15) is 9.90 Å². The van der Waals surface area contributed by atoms with Gasteiger partial charge in [-0.2, -0.15) is 0 Å². The molecule has 90 valence electrons. The van der Waals surface area contributed by atoms with Gasteiger partial charge in [-0.3, -0.25) is 0 Å². The second kappa shape index (κ2) is 3.87. The van der Waals surface area contributed by atoms with Crippen molar-refractivity contribution >= 4 is 17.0 Å². The van der Waals surface area contributed by atoms with Crippen molar-refractivity contribution in [3.63, 3.8) is 0 Å². The lowest BCUT2D eigenvalue weighted by Gasteiger charge is -2.26. The first-order valence-electron chi connectivity index (χ1n) is 5.67. The minimum atomic E-state index is -0.913. The Morgan fingerprint density at radius 3 is 2.76 bits per heavy atom. The number of benzene rings is 1. The number of fused-ring (bicyclic) bond motifs is 1. The smallest absolute Gasteiger partial charge is 0.337 e. The molecule has 0 aliphatic rings. The van der Waals surface area contributed by atoms with Crippen molar-refractivity contribution in [2.24, 2.45) is 0 Å². The maximum absolute atomic E-state index is 11.2. The molecule has 0 bridgehead atoms. The van der Waals surface area contributed by atoms with Gasteiger partial charge in [0.2, 0.25) is 0 Å². The molecule has 1 aromatic heterocycles. The Hall–Kier alpha value is -1.84. The van der Waals surface area contributed by atoms with Gasteiger partial charge in [-0.1, -0.05) is 13.0 Å². The van der Waals surface area contributed by atoms with Crippen molar-refractivity contribution in [3.05, 3.63) is 30.1 Å². The van der Waals surface area contributed by atoms with Crippen LogP contribution < -0.4 is 0 Å². The van der Waals surface area contributed by atoms with E-state index in [-0.39, 0.29) is 5.54 Å². The molecule has 2 aromatic rings. The summed E-state index contributed by atoms with van der Waals surface area (Å²) in [5, 5.41) is 9.22. The first kappa shape index (κ1) is 11.6. The fourth-order valence-electron chi connectivity index (χ4n) is 1.87. The number of aromatic carboxylic acids is 1. The highest BCUT2D eigenvalue weighted by atomic mass is 16.4. The lowest BCUT2D eigenvalue weighted by atomic mass is 10.0. The Balaban J connectivity index is 2.78. The monoisotopic (exact) mass is 232 g/mol. The average molecular weight is 232 g/mol. The molecule has 0 spiro atoms. The molecule has 0 atom stereocenters. The van der Waals surface area contributed by atoms with E-state index in [1.54, 1.807) is 18.5 Å². The Morgan fingerprint density at radius 1 is 1.47 bits per heavy atom. The second-order valence-electron chi connectivity index (χ2n) is 4.76. The molecule has 0 unspecified atom stereocenters. The number of aromatic nitrogens is 2. The van der Waals surface area contributed by atoms with Crippen molar-refractivity contribution in [2.75, 3.05) is 0 Å². The van der Waals surface area contributed by atoms with Crippen LogP contribution in [0.4, 0.5) is 0 Å². The Morgan fingerprint density at radius 2 is 2.18 bits per heavy atom. The quantitative estimate of drug-likeness (QED) is 0.885. The fourth-order valence-corrected chi connectivity index (χ4v) is 1.87. The van der Waals surface area contributed by atoms with Gasteiger partial charge >= 0.3 is 5.97 Å². The first-order valence-corrected chi connectivity index (χ1v) is 5.67. The number of para-hydroxylation sites is 1. The summed E-state index contributed by atoms with van der Waals surface area (Å²) in [4.78, 5) is 15.5. The predicted molar refractivity (Wildman–Crippen MR) is 66.3 cm³/mol. The number of carbonyl (C=O) groups is 1. The minimum absolute atomic E-state index is 0.139. The summed E-state index contributed by atoms with van der Waals surface area (Å²) in [5.74, 6) is -0.913. The van der Waals surface area contributed by atoms with Gasteiger partial charge < -0.3 is 9.67 Å². The zero-order valence-electron chi connectivity index (χ0n) is 10.3. The third-order valence-corrected chi connectivity index (χ3v) is 3.32. The number of hydrogen-bond donors (Lipinski definition) is 1. The molecule has 0 aliphatic heterocycles. The minimum Gasteiger partial charge on any atom is -0.478 e. The fraction of sp³-hybridized carbons (Fsp3) is 0.385. The zero-order valence-corrected chi connectivity index (χ0v) is 10.3. The maximum atomic E-state index is 11.2. The molecule has 2 rings (SSSR count). The summed E-state index contributed by atoms with van der Waals surface area (Å²) in [5.41, 5.74) is 1.60. The van der Waals surface area contributed by atoms with Crippen LogP contribution in [-0.2, 0) is 5.54 Å². The molecule has 0 saturated heterocycles. The number of hydrogen-bond acceptors (Lipinski definition) is 2. The highest BCUT2D eigenvalue weighted by Gasteiger charge is 2.22. The van der Waals surface area contributed by atoms with Gasteiger partial charge in [0.15, 0.2) is 0 Å². The summed E-state index contributed by atoms with van der Waals surface area (Å²) in [6, 6.07) is 5.18. The lowest BCUT2D eigenvalue weighted by Crippen LogP contribution is -2.25. The lowest BCUT2D eigenvalue weighted by molar-refractivity contribution is 0.0698. The standard InChI is InChI=1S/C13H16N2O2/c1-4-13(2,3)15-8-14-10-7-5-6-9(11(10)15)12(16)17/h5-8H,4H2,1-3H3,(H,16,17). The van der Waals surface area contributed by atoms with Crippen LogP contribution in [0.15, 0.2) is 24.5 Å². The largest absolute Gasteiger partial charge is 0.478 e. The Kier molecular flexibility index (Phi) is 2.65. The van der Waals surface area contributed by atoms with Crippen LogP contribution in [0.3, 0.4) is 0 Å². The topological polar surface area (TPSA) is 55.1 Å². The molecular weight excluding hydrogens is 216 g/mol. The number of rotatable bonds is 3. The van der Waals surface area contributed by atoms with Gasteiger partial charge in [0.05, 0.1) is 22.9 Å². The van der Waals surface area contributed by atoms with E-state index in [1.807, 2.05) is 10.6 Å². The third kappa shape index (κ3) is 1.79. The molecule has 0 aliphatic carbocycles. The number of carboxylic acids is 1. The molecule has 4 heteroatoms. The van der Waals surface area contributed by atoms with E-state index in [0.717, 1.165) is 11.9 Å². The zero-order chi connectivity index (χ0) is 12.6. The van der Waals surface area contributed by atoms with E-state index in [4.69, 9.17) is 0 Å². The molecule has 0 amide bonds. The van der Waals surface area contributed by atoms with Crippen molar-refractivity contribution in [1.82, 2.24) is 9.55 Å². The number of imidazole rings is 1. The van der Waals surface area contributed by atoms with E-state index in [2.05, 4.69) is 25.8 Å². The van der Waals surface area contributed by atoms with Gasteiger partial charge in [-0.15, -0.1) is 0 Å². The molecule has 4 nitrogen and oxygen atoms in total. The molecule has 1 aromatic carbocycles. The van der Waals surface area contributed by atoms with Crippen LogP contribution >= 0.6 is 0 Å². The molecule has 1 N–H and O–H groups in total. The molecule has 1 heterocycles. The SMILES string of the molecule is CCC(C)(C)n1cnc2cccc(C(=O)O)c21. The van der Waals surface area contributed by atoms with Crippen LogP contribution in [0.5, 0.6) is 0 Å². The Labute approximate surface area is 99.9 Å². The molecular formula is C13H16N2O2. The van der Waals surface area contributed by atoms with E-state index in [0.29, 0.717) is 11.1 Å². The summed E-state index contributed by atoms with van der Waals surface area (Å²) in [6.07, 6.45) is 2.63. The van der Waals surface area contributed by atoms with Crippen molar-refractivity contribution in [3.8, 4) is 0 Å². The highest BCUT2D eigenvalue weighted by Crippen LogP contribution is 2.27. The maximum Gasteiger partial charge on any atom is 0.337 e. The summed E-state index contributed by atoms with van der Waals surface area (Å²) >= 11 is 0. The normalized spacial score (nSPS) is 11.9. The average Bonchev–Trinajstić information content (AvgIpc) is 2.72. The summed E-state index contributed by atoms with van der Waals surface area (Å²) in [7, 11) is 0. The van der Waals surface area contributed by atoms with Gasteiger partial charge in [-0.25, -0.2) is 9.78 Å². The molecule has 0 saturated carbocycles. The number of carboxylic acid groups (broad SMARTS) is 1. The van der Waals surface area contributed by atoms with E-state index < -0.39 is 5.97 Å². The molecule has 17 heavy (non-hydrogen) atoms. The predicted octanol–water partition coefficient (Wildman–Crippen LogP) is 2.88. The summed E-state index contributed by atoms with van der Waals surface area (Å²) in [6.45, 7) is 6.23. The van der Waals surface area contributed by atoms with Crippen molar-refractivity contribution < 1.29 is 9.90 Å². The van der Waals surface area contributed by atoms with Gasteiger partial charge in [0.25, 0.3) is 0 Å². The van der Waals surface area contributed by atoms with Crippen LogP contribution in [0.2, 0.25) is 0 Å². The third-order valence-electron chi connectivity index (χ3n) is 3.32. The van der Waals surface area contributed by atoms with Gasteiger partial charge in [0.1, 0.15) is 0 Å². The first-order chi connectivity index (χ1) is 7.97. The molecule has 0 fully saturated rings. The van der Waals surface area contributed by atoms with Crippen LogP contribution in [0, 0.1) is 0 Å². The van der Waals surface area contributed by atoms with Crippen LogP contribution in [0.25, 0.3) is 11.0 Å². The van der Waals surface area contributed by atoms with Crippen molar-refractivity contribution in [2.45, 2.75) is 32.7 Å². The highest BCUT2D eigenvalue weighted by molar-refractivity contribution is 6.01.